The third-order valence-electron chi connectivity index (χ3n) is 3.24. The highest BCUT2D eigenvalue weighted by Gasteiger charge is 2.52. The van der Waals surface area contributed by atoms with Gasteiger partial charge in [0, 0.05) is 10.3 Å². The number of rotatable bonds is 10. The van der Waals surface area contributed by atoms with Gasteiger partial charge in [-0.2, -0.15) is 13.2 Å². The lowest BCUT2D eigenvalue weighted by molar-refractivity contribution is -0.209. The van der Waals surface area contributed by atoms with E-state index >= 15 is 0 Å². The van der Waals surface area contributed by atoms with Gasteiger partial charge in [-0.05, 0) is 19.8 Å². The average Bonchev–Trinajstić information content (AvgIpc) is 2.20. The minimum atomic E-state index is -4.97. The van der Waals surface area contributed by atoms with Crippen LogP contribution in [0.3, 0.4) is 0 Å². The van der Waals surface area contributed by atoms with Crippen molar-refractivity contribution in [1.82, 2.24) is 0 Å². The molecule has 0 aliphatic heterocycles. The van der Waals surface area contributed by atoms with Crippen LogP contribution in [0.2, 0.25) is 0 Å². The second-order valence-corrected chi connectivity index (χ2v) is 7.96. The standard InChI is InChI=1S/C14H20F9I/c1-3-4-10(24)5-9(14(21,22)23)6-12(17,18)8-13(19,20)7-11(2,15)16/h9-10H,3-8H2,1-2H3. The van der Waals surface area contributed by atoms with Crippen LogP contribution in [0.5, 0.6) is 0 Å². The van der Waals surface area contributed by atoms with Gasteiger partial charge in [0.2, 0.25) is 0 Å². The van der Waals surface area contributed by atoms with E-state index in [-0.39, 0.29) is 6.92 Å². The number of hydrogen-bond acceptors (Lipinski definition) is 0. The Labute approximate surface area is 148 Å². The van der Waals surface area contributed by atoms with Gasteiger partial charge in [-0.1, -0.05) is 35.9 Å². The summed E-state index contributed by atoms with van der Waals surface area (Å²) in [5.74, 6) is -15.2. The maximum atomic E-state index is 13.7. The largest absolute Gasteiger partial charge is 0.392 e. The zero-order valence-corrected chi connectivity index (χ0v) is 15.3. The molecule has 0 spiro atoms. The van der Waals surface area contributed by atoms with E-state index in [1.165, 1.54) is 0 Å². The minimum Gasteiger partial charge on any atom is -0.207 e. The lowest BCUT2D eigenvalue weighted by Crippen LogP contribution is -2.38. The molecule has 0 aliphatic rings. The van der Waals surface area contributed by atoms with Crippen LogP contribution in [0, 0.1) is 5.92 Å². The molecule has 0 bridgehead atoms. The molecule has 0 aliphatic carbocycles. The first-order chi connectivity index (χ1) is 10.5. The van der Waals surface area contributed by atoms with Crippen molar-refractivity contribution in [2.45, 2.75) is 80.2 Å². The van der Waals surface area contributed by atoms with Gasteiger partial charge >= 0.3 is 6.18 Å². The summed E-state index contributed by atoms with van der Waals surface area (Å²) in [6, 6.07) is 0. The summed E-state index contributed by atoms with van der Waals surface area (Å²) in [4.78, 5) is 0. The van der Waals surface area contributed by atoms with Gasteiger partial charge in [0.1, 0.15) is 0 Å². The van der Waals surface area contributed by atoms with Crippen molar-refractivity contribution in [3.05, 3.63) is 0 Å². The fourth-order valence-corrected chi connectivity index (χ4v) is 3.64. The number of alkyl halides is 10. The first kappa shape index (κ1) is 24.1. The monoisotopic (exact) mass is 486 g/mol. The average molecular weight is 486 g/mol. The molecule has 0 radical (unpaired) electrons. The van der Waals surface area contributed by atoms with Gasteiger partial charge in [0.25, 0.3) is 17.8 Å². The van der Waals surface area contributed by atoms with Gasteiger partial charge in [0.15, 0.2) is 0 Å². The Morgan fingerprint density at radius 3 is 1.71 bits per heavy atom. The fourth-order valence-electron chi connectivity index (χ4n) is 2.40. The number of hydrogen-bond donors (Lipinski definition) is 0. The molecule has 10 heteroatoms. The van der Waals surface area contributed by atoms with Gasteiger partial charge in [-0.15, -0.1) is 0 Å². The number of halogens is 10. The summed E-state index contributed by atoms with van der Waals surface area (Å²) >= 11 is 1.70. The van der Waals surface area contributed by atoms with Crippen molar-refractivity contribution in [2.75, 3.05) is 0 Å². The minimum absolute atomic E-state index is 0.142. The van der Waals surface area contributed by atoms with Gasteiger partial charge in [0.05, 0.1) is 18.8 Å². The van der Waals surface area contributed by atoms with Crippen molar-refractivity contribution in [1.29, 1.82) is 0 Å². The second kappa shape index (κ2) is 8.66. The van der Waals surface area contributed by atoms with Crippen LogP contribution >= 0.6 is 22.6 Å². The molecule has 146 valence electrons. The Balaban J connectivity index is 5.03. The quantitative estimate of drug-likeness (QED) is 0.173. The van der Waals surface area contributed by atoms with Crippen molar-refractivity contribution in [3.8, 4) is 0 Å². The zero-order valence-electron chi connectivity index (χ0n) is 13.2. The summed E-state index contributed by atoms with van der Waals surface area (Å²) in [7, 11) is 0. The molecule has 24 heavy (non-hydrogen) atoms. The topological polar surface area (TPSA) is 0 Å². The molecule has 0 saturated heterocycles. The SMILES string of the molecule is CCCC(I)CC(CC(F)(F)CC(F)(F)CC(C)(F)F)C(F)(F)F. The molecule has 2 atom stereocenters. The third-order valence-corrected chi connectivity index (χ3v) is 4.37. The van der Waals surface area contributed by atoms with Crippen molar-refractivity contribution in [2.24, 2.45) is 5.92 Å². The van der Waals surface area contributed by atoms with Gasteiger partial charge in [-0.25, -0.2) is 26.3 Å². The Kier molecular flexibility index (Phi) is 8.69. The van der Waals surface area contributed by atoms with E-state index in [1.54, 1.807) is 29.5 Å². The fraction of sp³-hybridized carbons (Fsp3) is 1.00. The van der Waals surface area contributed by atoms with E-state index in [1.807, 2.05) is 0 Å². The van der Waals surface area contributed by atoms with E-state index in [2.05, 4.69) is 0 Å². The summed E-state index contributed by atoms with van der Waals surface area (Å²) in [5, 5.41) is 0. The maximum absolute atomic E-state index is 13.7. The Hall–Kier alpha value is 0.1000. The highest BCUT2D eigenvalue weighted by Crippen LogP contribution is 2.45. The molecule has 0 nitrogen and oxygen atoms in total. The van der Waals surface area contributed by atoms with Gasteiger partial charge in [-0.3, -0.25) is 0 Å². The Bertz CT molecular complexity index is 373. The normalized spacial score (nSPS) is 17.0. The molecule has 0 amide bonds. The summed E-state index contributed by atoms with van der Waals surface area (Å²) < 4.78 is 117. The summed E-state index contributed by atoms with van der Waals surface area (Å²) in [6.45, 7) is 1.86. The Morgan fingerprint density at radius 2 is 1.33 bits per heavy atom. The maximum Gasteiger partial charge on any atom is 0.392 e. The van der Waals surface area contributed by atoms with Crippen LogP contribution in [0.15, 0.2) is 0 Å². The van der Waals surface area contributed by atoms with Crippen molar-refractivity contribution < 1.29 is 39.5 Å². The molecular formula is C14H20F9I. The van der Waals surface area contributed by atoms with E-state index in [0.717, 1.165) is 0 Å². The first-order valence-corrected chi connectivity index (χ1v) is 8.56. The van der Waals surface area contributed by atoms with Crippen LogP contribution in [0.1, 0.15) is 52.4 Å². The van der Waals surface area contributed by atoms with E-state index in [4.69, 9.17) is 0 Å². The zero-order chi connectivity index (χ0) is 19.4. The Morgan fingerprint density at radius 1 is 0.833 bits per heavy atom. The van der Waals surface area contributed by atoms with E-state index < -0.39 is 59.5 Å². The molecule has 0 saturated carbocycles. The second-order valence-electron chi connectivity index (χ2n) is 6.20. The molecule has 0 aromatic carbocycles. The van der Waals surface area contributed by atoms with Crippen LogP contribution in [0.4, 0.5) is 39.5 Å². The molecular weight excluding hydrogens is 466 g/mol. The molecule has 0 rings (SSSR count). The van der Waals surface area contributed by atoms with Crippen LogP contribution in [0.25, 0.3) is 0 Å². The molecule has 0 aromatic rings. The molecule has 2 unspecified atom stereocenters. The van der Waals surface area contributed by atoms with Crippen molar-refractivity contribution >= 4 is 22.6 Å². The first-order valence-electron chi connectivity index (χ1n) is 7.32. The van der Waals surface area contributed by atoms with E-state index in [9.17, 15) is 39.5 Å². The van der Waals surface area contributed by atoms with Crippen LogP contribution in [-0.2, 0) is 0 Å². The molecule has 0 N–H and O–H groups in total. The summed E-state index contributed by atoms with van der Waals surface area (Å²) in [5.41, 5.74) is 0. The van der Waals surface area contributed by atoms with Gasteiger partial charge < -0.3 is 0 Å². The molecule has 0 aromatic heterocycles. The third kappa shape index (κ3) is 10.9. The van der Waals surface area contributed by atoms with Crippen LogP contribution in [-0.4, -0.2) is 27.9 Å². The predicted octanol–water partition coefficient (Wildman–Crippen LogP) is 7.25. The van der Waals surface area contributed by atoms with Crippen LogP contribution < -0.4 is 0 Å². The highest BCUT2D eigenvalue weighted by molar-refractivity contribution is 14.1. The highest BCUT2D eigenvalue weighted by atomic mass is 127. The predicted molar refractivity (Wildman–Crippen MR) is 81.2 cm³/mol. The lowest BCUT2D eigenvalue weighted by Gasteiger charge is -2.30. The van der Waals surface area contributed by atoms with E-state index in [0.29, 0.717) is 12.8 Å². The molecule has 0 heterocycles. The summed E-state index contributed by atoms with van der Waals surface area (Å²) in [6.07, 6.45) is -10.9. The van der Waals surface area contributed by atoms with Crippen molar-refractivity contribution in [3.63, 3.8) is 0 Å². The smallest absolute Gasteiger partial charge is 0.207 e. The molecule has 0 fully saturated rings. The lowest BCUT2D eigenvalue weighted by atomic mass is 9.90.